The summed E-state index contributed by atoms with van der Waals surface area (Å²) in [6.45, 7) is 2.16. The monoisotopic (exact) mass is 141 g/mol. The molecular weight excluding hydrogens is 124 g/mol. The van der Waals surface area contributed by atoms with Crippen molar-refractivity contribution in [3.05, 3.63) is 12.1 Å². The lowest BCUT2D eigenvalue weighted by molar-refractivity contribution is -0.104. The molecule has 0 aromatic rings. The average Bonchev–Trinajstić information content (AvgIpc) is 2.04. The van der Waals surface area contributed by atoms with Gasteiger partial charge in [0, 0.05) is 0 Å². The smallest absolute Gasteiger partial charge is 0.142 e. The summed E-state index contributed by atoms with van der Waals surface area (Å²) in [5, 5.41) is 0. The molecule has 0 atom stereocenters. The van der Waals surface area contributed by atoms with Crippen LogP contribution in [0.15, 0.2) is 12.1 Å². The highest BCUT2D eigenvalue weighted by atomic mass is 16.1. The Bertz CT molecular complexity index is 130. The van der Waals surface area contributed by atoms with E-state index in [1.807, 2.05) is 0 Å². The summed E-state index contributed by atoms with van der Waals surface area (Å²) in [7, 11) is 0. The van der Waals surface area contributed by atoms with Crippen LogP contribution < -0.4 is 0 Å². The Labute approximate surface area is 64.5 Å². The van der Waals surface area contributed by atoms with Crippen LogP contribution in [0.3, 0.4) is 0 Å². The highest BCUT2D eigenvalue weighted by molar-refractivity contribution is 5.64. The number of carbonyl (C=O) groups excluding carboxylic acids is 1. The first-order chi connectivity index (χ1) is 5.31. The van der Waals surface area contributed by atoms with E-state index in [1.54, 1.807) is 6.08 Å². The van der Waals surface area contributed by atoms with Gasteiger partial charge in [-0.05, 0) is 18.9 Å². The summed E-state index contributed by atoms with van der Waals surface area (Å²) in [5.41, 5.74) is 0. The second-order valence-corrected chi connectivity index (χ2v) is 2.34. The van der Waals surface area contributed by atoms with Gasteiger partial charge in [-0.1, -0.05) is 32.3 Å². The summed E-state index contributed by atoms with van der Waals surface area (Å²) in [4.78, 5) is 9.97. The fourth-order valence-electron chi connectivity index (χ4n) is 0.805. The van der Waals surface area contributed by atoms with E-state index < -0.39 is 0 Å². The highest BCUT2D eigenvalue weighted by Gasteiger charge is 1.82. The lowest BCUT2D eigenvalue weighted by atomic mass is 10.1. The molecule has 1 heteroatoms. The van der Waals surface area contributed by atoms with Crippen LogP contribution in [0.5, 0.6) is 0 Å². The number of allylic oxidation sites excluding steroid dienone is 2. The molecule has 0 amide bonds. The van der Waals surface area contributed by atoms with Crippen molar-refractivity contribution in [2.45, 2.75) is 39.0 Å². The van der Waals surface area contributed by atoms with Crippen molar-refractivity contribution in [2.75, 3.05) is 0 Å². The van der Waals surface area contributed by atoms with Crippen molar-refractivity contribution >= 4 is 6.29 Å². The Morgan fingerprint density at radius 2 is 2.20 bits per heavy atom. The fourth-order valence-corrected chi connectivity index (χ4v) is 0.805. The molecule has 0 aromatic heterocycles. The van der Waals surface area contributed by atoms with Crippen LogP contribution in [-0.2, 0) is 4.79 Å². The van der Waals surface area contributed by atoms with Crippen LogP contribution in [0.25, 0.3) is 0 Å². The van der Waals surface area contributed by atoms with Crippen LogP contribution in [0.2, 0.25) is 0 Å². The van der Waals surface area contributed by atoms with Gasteiger partial charge in [0.05, 0.1) is 1.37 Å². The van der Waals surface area contributed by atoms with Crippen LogP contribution in [0.4, 0.5) is 0 Å². The number of hydrogen-bond donors (Lipinski definition) is 0. The van der Waals surface area contributed by atoms with Crippen LogP contribution >= 0.6 is 0 Å². The summed E-state index contributed by atoms with van der Waals surface area (Å²) in [5.74, 6) is 0. The molecule has 0 heterocycles. The largest absolute Gasteiger partial charge is 0.299 e. The van der Waals surface area contributed by atoms with E-state index in [1.165, 1.54) is 19.3 Å². The van der Waals surface area contributed by atoms with E-state index in [4.69, 9.17) is 1.37 Å². The van der Waals surface area contributed by atoms with Crippen molar-refractivity contribution in [2.24, 2.45) is 0 Å². The van der Waals surface area contributed by atoms with Gasteiger partial charge < -0.3 is 0 Å². The van der Waals surface area contributed by atoms with Gasteiger partial charge in [-0.25, -0.2) is 0 Å². The topological polar surface area (TPSA) is 17.1 Å². The minimum absolute atomic E-state index is 0.112. The van der Waals surface area contributed by atoms with Crippen molar-refractivity contribution in [3.63, 3.8) is 0 Å². The summed E-state index contributed by atoms with van der Waals surface area (Å²) in [6, 6.07) is 0.112. The Kier molecular flexibility index (Phi) is 6.32. The number of aldehydes is 1. The Balaban J connectivity index is 3.19. The van der Waals surface area contributed by atoms with Gasteiger partial charge in [0.1, 0.15) is 6.29 Å². The minimum Gasteiger partial charge on any atom is -0.299 e. The molecule has 58 valence electrons. The lowest BCUT2D eigenvalue weighted by Crippen LogP contribution is -1.73. The van der Waals surface area contributed by atoms with E-state index in [0.29, 0.717) is 6.29 Å². The van der Waals surface area contributed by atoms with Gasteiger partial charge >= 0.3 is 0 Å². The van der Waals surface area contributed by atoms with Crippen molar-refractivity contribution in [1.29, 1.82) is 0 Å². The van der Waals surface area contributed by atoms with E-state index in [2.05, 4.69) is 6.92 Å². The first kappa shape index (κ1) is 7.52. The third-order valence-corrected chi connectivity index (χ3v) is 1.39. The summed E-state index contributed by atoms with van der Waals surface area (Å²) >= 11 is 0. The zero-order valence-corrected chi connectivity index (χ0v) is 6.60. The van der Waals surface area contributed by atoms with E-state index >= 15 is 0 Å². The molecule has 0 saturated carbocycles. The molecule has 0 fully saturated rings. The normalized spacial score (nSPS) is 12.9. The predicted octanol–water partition coefficient (Wildman–Crippen LogP) is 2.71. The SMILES string of the molecule is [2H]/C(C=O)=C\CCCCCC. The van der Waals surface area contributed by atoms with Gasteiger partial charge in [-0.2, -0.15) is 0 Å². The third kappa shape index (κ3) is 7.41. The maximum Gasteiger partial charge on any atom is 0.142 e. The molecule has 0 N–H and O–H groups in total. The molecule has 0 aromatic carbocycles. The molecule has 0 rings (SSSR count). The summed E-state index contributed by atoms with van der Waals surface area (Å²) < 4.78 is 6.99. The highest BCUT2D eigenvalue weighted by Crippen LogP contribution is 2.02. The maximum absolute atomic E-state index is 9.97. The van der Waals surface area contributed by atoms with E-state index in [-0.39, 0.29) is 6.05 Å². The van der Waals surface area contributed by atoms with Crippen LogP contribution in [0, 0.1) is 0 Å². The molecule has 0 unspecified atom stereocenters. The molecule has 0 spiro atoms. The maximum atomic E-state index is 9.97. The molecule has 0 radical (unpaired) electrons. The first-order valence-corrected chi connectivity index (χ1v) is 3.93. The van der Waals surface area contributed by atoms with Gasteiger partial charge in [-0.3, -0.25) is 4.79 Å². The second kappa shape index (κ2) is 8.41. The molecule has 10 heavy (non-hydrogen) atoms. The van der Waals surface area contributed by atoms with Gasteiger partial charge in [-0.15, -0.1) is 0 Å². The minimum atomic E-state index is 0.112. The second-order valence-electron chi connectivity index (χ2n) is 2.34. The van der Waals surface area contributed by atoms with Crippen molar-refractivity contribution < 1.29 is 6.17 Å². The molecule has 1 nitrogen and oxygen atoms in total. The van der Waals surface area contributed by atoms with Crippen LogP contribution in [-0.4, -0.2) is 6.29 Å². The third-order valence-electron chi connectivity index (χ3n) is 1.39. The molecule has 0 saturated heterocycles. The van der Waals surface area contributed by atoms with Crippen LogP contribution in [0.1, 0.15) is 40.4 Å². The average molecular weight is 141 g/mol. The predicted molar refractivity (Wildman–Crippen MR) is 44.0 cm³/mol. The number of unbranched alkanes of at least 4 members (excludes halogenated alkanes) is 4. The first-order valence-electron chi connectivity index (χ1n) is 4.43. The quantitative estimate of drug-likeness (QED) is 0.316. The Hall–Kier alpha value is -0.590. The Morgan fingerprint density at radius 3 is 2.80 bits per heavy atom. The molecular formula is C9H16O. The number of rotatable bonds is 6. The van der Waals surface area contributed by atoms with Gasteiger partial charge in [0.2, 0.25) is 0 Å². The zero-order valence-electron chi connectivity index (χ0n) is 7.60. The molecule has 0 aliphatic rings. The van der Waals surface area contributed by atoms with Gasteiger partial charge in [0.25, 0.3) is 0 Å². The van der Waals surface area contributed by atoms with E-state index in [0.717, 1.165) is 12.8 Å². The Morgan fingerprint density at radius 1 is 1.40 bits per heavy atom. The molecule has 0 aliphatic carbocycles. The fraction of sp³-hybridized carbons (Fsp3) is 0.667. The summed E-state index contributed by atoms with van der Waals surface area (Å²) in [6.07, 6.45) is 7.93. The van der Waals surface area contributed by atoms with Crippen molar-refractivity contribution in [1.82, 2.24) is 0 Å². The standard InChI is InChI=1S/C9H16O/c1-2-3-4-5-6-7-8-9-10/h7-9H,2-6H2,1H3/b8-7+/i8D. The zero-order chi connectivity index (χ0) is 8.53. The molecule has 0 bridgehead atoms. The lowest BCUT2D eigenvalue weighted by Gasteiger charge is -1.92. The molecule has 0 aliphatic heterocycles. The van der Waals surface area contributed by atoms with Crippen molar-refractivity contribution in [3.8, 4) is 0 Å². The van der Waals surface area contributed by atoms with E-state index in [9.17, 15) is 4.79 Å². The van der Waals surface area contributed by atoms with Gasteiger partial charge in [0.15, 0.2) is 0 Å². The number of carbonyl (C=O) groups is 1. The number of hydrogen-bond acceptors (Lipinski definition) is 1.